The van der Waals surface area contributed by atoms with Gasteiger partial charge in [-0.2, -0.15) is 0 Å². The fourth-order valence-electron chi connectivity index (χ4n) is 2.97. The van der Waals surface area contributed by atoms with E-state index in [1.807, 2.05) is 13.8 Å². The molecule has 1 rings (SSSR count). The van der Waals surface area contributed by atoms with Crippen molar-refractivity contribution >= 4 is 17.8 Å². The van der Waals surface area contributed by atoms with Crippen molar-refractivity contribution in [3.63, 3.8) is 0 Å². The summed E-state index contributed by atoms with van der Waals surface area (Å²) in [6.45, 7) is 3.67. The van der Waals surface area contributed by atoms with Gasteiger partial charge in [-0.05, 0) is 18.8 Å². The summed E-state index contributed by atoms with van der Waals surface area (Å²) in [5.74, 6) is -1.30. The summed E-state index contributed by atoms with van der Waals surface area (Å²) in [5, 5.41) is 2.76. The molecule has 6 heteroatoms. The van der Waals surface area contributed by atoms with E-state index in [1.54, 1.807) is 0 Å². The molecular weight excluding hydrogens is 272 g/mol. The van der Waals surface area contributed by atoms with Gasteiger partial charge in [-0.1, -0.05) is 33.1 Å². The maximum atomic E-state index is 12.7. The lowest BCUT2D eigenvalue weighted by atomic mass is 9.70. The van der Waals surface area contributed by atoms with Crippen molar-refractivity contribution in [1.29, 1.82) is 0 Å². The van der Waals surface area contributed by atoms with Crippen molar-refractivity contribution in [1.82, 2.24) is 5.32 Å². The lowest BCUT2D eigenvalue weighted by Crippen LogP contribution is -2.52. The van der Waals surface area contributed by atoms with Gasteiger partial charge in [0.2, 0.25) is 11.8 Å². The number of esters is 1. The van der Waals surface area contributed by atoms with E-state index in [9.17, 15) is 14.4 Å². The smallest absolute Gasteiger partial charge is 0.328 e. The van der Waals surface area contributed by atoms with Crippen LogP contribution in [0.25, 0.3) is 0 Å². The van der Waals surface area contributed by atoms with Crippen molar-refractivity contribution in [2.45, 2.75) is 58.4 Å². The fraction of sp³-hybridized carbons (Fsp3) is 0.800. The molecule has 0 radical (unpaired) electrons. The second-order valence-electron chi connectivity index (χ2n) is 6.20. The molecule has 0 aromatic rings. The number of carbonyl (C=O) groups is 3. The lowest BCUT2D eigenvalue weighted by Gasteiger charge is -2.36. The van der Waals surface area contributed by atoms with Gasteiger partial charge in [-0.25, -0.2) is 4.79 Å². The Labute approximate surface area is 125 Å². The van der Waals surface area contributed by atoms with Gasteiger partial charge < -0.3 is 15.8 Å². The normalized spacial score (nSPS) is 18.9. The van der Waals surface area contributed by atoms with Crippen LogP contribution in [0.1, 0.15) is 52.4 Å². The summed E-state index contributed by atoms with van der Waals surface area (Å²) in [4.78, 5) is 35.8. The molecule has 1 saturated carbocycles. The molecule has 1 aliphatic carbocycles. The second-order valence-corrected chi connectivity index (χ2v) is 6.20. The van der Waals surface area contributed by atoms with Gasteiger partial charge in [-0.15, -0.1) is 0 Å². The Balaban J connectivity index is 2.89. The summed E-state index contributed by atoms with van der Waals surface area (Å²) in [6.07, 6.45) is 4.14. The van der Waals surface area contributed by atoms with E-state index < -0.39 is 23.3 Å². The summed E-state index contributed by atoms with van der Waals surface area (Å²) < 4.78 is 4.73. The number of methoxy groups -OCH3 is 1. The molecule has 0 aromatic carbocycles. The van der Waals surface area contributed by atoms with Crippen LogP contribution in [0.15, 0.2) is 0 Å². The predicted octanol–water partition coefficient (Wildman–Crippen LogP) is 1.13. The summed E-state index contributed by atoms with van der Waals surface area (Å²) in [5.41, 5.74) is 4.54. The van der Waals surface area contributed by atoms with E-state index in [1.165, 1.54) is 7.11 Å². The summed E-state index contributed by atoms with van der Waals surface area (Å²) >= 11 is 0. The van der Waals surface area contributed by atoms with E-state index in [4.69, 9.17) is 10.5 Å². The Hall–Kier alpha value is -1.59. The molecule has 0 aromatic heterocycles. The first kappa shape index (κ1) is 17.5. The highest BCUT2D eigenvalue weighted by Gasteiger charge is 2.42. The van der Waals surface area contributed by atoms with Crippen LogP contribution in [0.5, 0.6) is 0 Å². The Bertz CT molecular complexity index is 400. The van der Waals surface area contributed by atoms with E-state index in [-0.39, 0.29) is 18.2 Å². The first-order valence-electron chi connectivity index (χ1n) is 7.49. The number of amides is 2. The number of hydrogen-bond donors (Lipinski definition) is 2. The minimum Gasteiger partial charge on any atom is -0.467 e. The third kappa shape index (κ3) is 4.44. The number of ether oxygens (including phenoxy) is 1. The molecule has 2 amide bonds. The number of carbonyl (C=O) groups excluding carboxylic acids is 3. The molecule has 6 nitrogen and oxygen atoms in total. The van der Waals surface area contributed by atoms with Crippen LogP contribution in [0.4, 0.5) is 0 Å². The van der Waals surface area contributed by atoms with Crippen LogP contribution < -0.4 is 11.1 Å². The van der Waals surface area contributed by atoms with Crippen molar-refractivity contribution in [3.8, 4) is 0 Å². The van der Waals surface area contributed by atoms with Gasteiger partial charge in [-0.3, -0.25) is 9.59 Å². The van der Waals surface area contributed by atoms with E-state index in [0.717, 1.165) is 19.3 Å². The van der Waals surface area contributed by atoms with Gasteiger partial charge in [0.15, 0.2) is 0 Å². The molecule has 3 N–H and O–H groups in total. The number of hydrogen-bond acceptors (Lipinski definition) is 4. The van der Waals surface area contributed by atoms with Gasteiger partial charge in [0, 0.05) is 6.42 Å². The zero-order chi connectivity index (χ0) is 16.0. The third-order valence-corrected chi connectivity index (χ3v) is 4.21. The van der Waals surface area contributed by atoms with Crippen LogP contribution >= 0.6 is 0 Å². The minimum atomic E-state index is -0.773. The fourth-order valence-corrected chi connectivity index (χ4v) is 2.97. The Morgan fingerprint density at radius 3 is 2.19 bits per heavy atom. The average molecular weight is 298 g/mol. The first-order chi connectivity index (χ1) is 9.82. The first-order valence-corrected chi connectivity index (χ1v) is 7.49. The molecule has 1 fully saturated rings. The minimum absolute atomic E-state index is 0.0326. The molecule has 0 unspecified atom stereocenters. The quantitative estimate of drug-likeness (QED) is 0.718. The molecular formula is C15H26N2O4. The molecule has 1 aliphatic rings. The van der Waals surface area contributed by atoms with E-state index in [2.05, 4.69) is 5.32 Å². The van der Waals surface area contributed by atoms with Crippen LogP contribution in [0.3, 0.4) is 0 Å². The maximum Gasteiger partial charge on any atom is 0.328 e. The Morgan fingerprint density at radius 1 is 1.19 bits per heavy atom. The number of nitrogens with one attached hydrogen (secondary N) is 1. The topological polar surface area (TPSA) is 98.5 Å². The second kappa shape index (κ2) is 7.43. The maximum absolute atomic E-state index is 12.7. The zero-order valence-corrected chi connectivity index (χ0v) is 13.1. The predicted molar refractivity (Wildman–Crippen MR) is 78.1 cm³/mol. The number of primary amides is 1. The van der Waals surface area contributed by atoms with Crippen LogP contribution in [-0.4, -0.2) is 30.9 Å². The lowest BCUT2D eigenvalue weighted by molar-refractivity contribution is -0.149. The molecule has 0 spiro atoms. The number of rotatable bonds is 6. The van der Waals surface area contributed by atoms with Crippen LogP contribution in [-0.2, 0) is 19.1 Å². The van der Waals surface area contributed by atoms with Crippen molar-refractivity contribution in [2.75, 3.05) is 7.11 Å². The van der Waals surface area contributed by atoms with Crippen molar-refractivity contribution < 1.29 is 19.1 Å². The standard InChI is InChI=1S/C15H26N2O4/c1-10(2)12(13(19)21-3)17-14(20)15(9-11(16)18)7-5-4-6-8-15/h10,12H,4-9H2,1-3H3,(H2,16,18)(H,17,20)/t12-/m0/s1. The summed E-state index contributed by atoms with van der Waals surface area (Å²) in [6, 6.07) is -0.700. The van der Waals surface area contributed by atoms with Gasteiger partial charge >= 0.3 is 5.97 Å². The Morgan fingerprint density at radius 2 is 1.76 bits per heavy atom. The monoisotopic (exact) mass is 298 g/mol. The Kier molecular flexibility index (Phi) is 6.18. The van der Waals surface area contributed by atoms with Crippen LogP contribution in [0.2, 0.25) is 0 Å². The highest BCUT2D eigenvalue weighted by Crippen LogP contribution is 2.39. The van der Waals surface area contributed by atoms with E-state index >= 15 is 0 Å². The molecule has 0 bridgehead atoms. The molecule has 0 saturated heterocycles. The zero-order valence-electron chi connectivity index (χ0n) is 13.1. The number of nitrogens with two attached hydrogens (primary N) is 1. The molecule has 21 heavy (non-hydrogen) atoms. The average Bonchev–Trinajstić information content (AvgIpc) is 2.43. The van der Waals surface area contributed by atoms with Crippen molar-refractivity contribution in [3.05, 3.63) is 0 Å². The molecule has 120 valence electrons. The third-order valence-electron chi connectivity index (χ3n) is 4.21. The van der Waals surface area contributed by atoms with E-state index in [0.29, 0.717) is 12.8 Å². The van der Waals surface area contributed by atoms with Crippen molar-refractivity contribution in [2.24, 2.45) is 17.1 Å². The van der Waals surface area contributed by atoms with Gasteiger partial charge in [0.1, 0.15) is 6.04 Å². The highest BCUT2D eigenvalue weighted by atomic mass is 16.5. The molecule has 0 aliphatic heterocycles. The highest BCUT2D eigenvalue weighted by molar-refractivity contribution is 5.91. The summed E-state index contributed by atoms with van der Waals surface area (Å²) in [7, 11) is 1.30. The largest absolute Gasteiger partial charge is 0.467 e. The SMILES string of the molecule is COC(=O)[C@@H](NC(=O)C1(CC(N)=O)CCCCC1)C(C)C. The van der Waals surface area contributed by atoms with Crippen LogP contribution in [0, 0.1) is 11.3 Å². The molecule has 1 atom stereocenters. The van der Waals surface area contributed by atoms with Gasteiger partial charge in [0.05, 0.1) is 12.5 Å². The van der Waals surface area contributed by atoms with Gasteiger partial charge in [0.25, 0.3) is 0 Å². The molecule has 0 heterocycles.